The summed E-state index contributed by atoms with van der Waals surface area (Å²) in [6, 6.07) is 11.2. The van der Waals surface area contributed by atoms with Crippen LogP contribution in [0.3, 0.4) is 0 Å². The second-order valence-electron chi connectivity index (χ2n) is 5.32. The summed E-state index contributed by atoms with van der Waals surface area (Å²) in [4.78, 5) is 17.5. The molecule has 0 bridgehead atoms. The molecule has 0 spiro atoms. The molecular formula is C17H16ClN3O2S. The van der Waals surface area contributed by atoms with Crippen molar-refractivity contribution in [1.82, 2.24) is 15.5 Å². The molecule has 124 valence electrons. The minimum Gasteiger partial charge on any atom is -0.349 e. The van der Waals surface area contributed by atoms with Crippen molar-refractivity contribution in [3.05, 3.63) is 57.6 Å². The quantitative estimate of drug-likeness (QED) is 0.712. The summed E-state index contributed by atoms with van der Waals surface area (Å²) < 4.78 is 5.20. The molecule has 0 saturated carbocycles. The predicted octanol–water partition coefficient (Wildman–Crippen LogP) is 4.26. The molecule has 0 saturated heterocycles. The highest BCUT2D eigenvalue weighted by atomic mass is 35.5. The molecule has 7 heteroatoms. The first-order chi connectivity index (χ1) is 11.6. The van der Waals surface area contributed by atoms with Gasteiger partial charge in [-0.25, -0.2) is 0 Å². The zero-order chi connectivity index (χ0) is 16.9. The molecule has 0 aliphatic heterocycles. The first kappa shape index (κ1) is 16.7. The third kappa shape index (κ3) is 4.21. The molecule has 1 unspecified atom stereocenters. The van der Waals surface area contributed by atoms with E-state index in [-0.39, 0.29) is 11.9 Å². The topological polar surface area (TPSA) is 68.0 Å². The van der Waals surface area contributed by atoms with Crippen LogP contribution in [-0.2, 0) is 11.2 Å². The third-order valence-corrected chi connectivity index (χ3v) is 4.79. The first-order valence-corrected chi connectivity index (χ1v) is 8.79. The molecule has 0 aliphatic carbocycles. The van der Waals surface area contributed by atoms with Crippen LogP contribution in [0.4, 0.5) is 0 Å². The molecule has 2 aromatic heterocycles. The van der Waals surface area contributed by atoms with Crippen LogP contribution in [0, 0.1) is 0 Å². The molecule has 24 heavy (non-hydrogen) atoms. The van der Waals surface area contributed by atoms with Crippen molar-refractivity contribution < 1.29 is 9.32 Å². The van der Waals surface area contributed by atoms with Gasteiger partial charge in [0.25, 0.3) is 0 Å². The summed E-state index contributed by atoms with van der Waals surface area (Å²) >= 11 is 7.48. The van der Waals surface area contributed by atoms with Gasteiger partial charge in [0.2, 0.25) is 17.6 Å². The number of halogens is 1. The maximum Gasteiger partial charge on any atom is 0.227 e. The van der Waals surface area contributed by atoms with E-state index in [2.05, 4.69) is 15.5 Å². The minimum atomic E-state index is -0.0397. The summed E-state index contributed by atoms with van der Waals surface area (Å²) in [5.41, 5.74) is 0.824. The van der Waals surface area contributed by atoms with E-state index in [9.17, 15) is 4.79 Å². The number of rotatable bonds is 6. The predicted molar refractivity (Wildman–Crippen MR) is 93.9 cm³/mol. The molecule has 5 nitrogen and oxygen atoms in total. The Balaban J connectivity index is 1.53. The lowest BCUT2D eigenvalue weighted by atomic mass is 10.2. The van der Waals surface area contributed by atoms with Gasteiger partial charge in [-0.2, -0.15) is 4.98 Å². The number of carbonyl (C=O) groups excluding carboxylic acids is 1. The zero-order valence-corrected chi connectivity index (χ0v) is 14.6. The fourth-order valence-electron chi connectivity index (χ4n) is 2.22. The Morgan fingerprint density at radius 1 is 1.33 bits per heavy atom. The van der Waals surface area contributed by atoms with Gasteiger partial charge in [-0.05, 0) is 42.6 Å². The van der Waals surface area contributed by atoms with Gasteiger partial charge < -0.3 is 9.84 Å². The van der Waals surface area contributed by atoms with Crippen LogP contribution in [0.1, 0.15) is 30.2 Å². The van der Waals surface area contributed by atoms with Gasteiger partial charge in [-0.1, -0.05) is 22.8 Å². The van der Waals surface area contributed by atoms with Gasteiger partial charge in [0.1, 0.15) is 0 Å². The maximum atomic E-state index is 12.0. The number of aromatic nitrogens is 2. The number of benzene rings is 1. The Labute approximate surface area is 148 Å². The van der Waals surface area contributed by atoms with E-state index in [1.807, 2.05) is 36.6 Å². The van der Waals surface area contributed by atoms with E-state index in [0.717, 1.165) is 10.4 Å². The van der Waals surface area contributed by atoms with Gasteiger partial charge in [0, 0.05) is 28.3 Å². The molecule has 3 rings (SSSR count). The van der Waals surface area contributed by atoms with Crippen LogP contribution < -0.4 is 5.32 Å². The Morgan fingerprint density at radius 2 is 2.12 bits per heavy atom. The molecule has 1 atom stereocenters. The summed E-state index contributed by atoms with van der Waals surface area (Å²) in [7, 11) is 0. The number of hydrogen-bond donors (Lipinski definition) is 1. The highest BCUT2D eigenvalue weighted by Crippen LogP contribution is 2.20. The number of aryl methyl sites for hydroxylation is 1. The third-order valence-electron chi connectivity index (χ3n) is 3.48. The van der Waals surface area contributed by atoms with Crippen molar-refractivity contribution in [1.29, 1.82) is 0 Å². The highest BCUT2D eigenvalue weighted by molar-refractivity contribution is 7.10. The van der Waals surface area contributed by atoms with Crippen LogP contribution in [0.5, 0.6) is 0 Å². The van der Waals surface area contributed by atoms with Crippen LogP contribution in [0.2, 0.25) is 5.02 Å². The monoisotopic (exact) mass is 361 g/mol. The second kappa shape index (κ2) is 7.59. The van der Waals surface area contributed by atoms with Gasteiger partial charge in [-0.15, -0.1) is 11.3 Å². The van der Waals surface area contributed by atoms with Crippen molar-refractivity contribution in [2.24, 2.45) is 0 Å². The Hall–Kier alpha value is -2.18. The summed E-state index contributed by atoms with van der Waals surface area (Å²) in [6.45, 7) is 1.97. The van der Waals surface area contributed by atoms with Gasteiger partial charge in [0.05, 0.1) is 6.04 Å². The fraction of sp³-hybridized carbons (Fsp3) is 0.235. The normalized spacial score (nSPS) is 12.1. The number of nitrogens with one attached hydrogen (secondary N) is 1. The standard InChI is InChI=1S/C17H16ClN3O2S/c1-11(14-3-2-10-24-14)19-15(22)8-9-16-20-17(21-23-16)12-4-6-13(18)7-5-12/h2-7,10-11H,8-9H2,1H3,(H,19,22). The van der Waals surface area contributed by atoms with Crippen LogP contribution in [0.15, 0.2) is 46.3 Å². The smallest absolute Gasteiger partial charge is 0.227 e. The van der Waals surface area contributed by atoms with Crippen molar-refractivity contribution >= 4 is 28.8 Å². The molecule has 0 fully saturated rings. The molecule has 0 aliphatic rings. The maximum absolute atomic E-state index is 12.0. The van der Waals surface area contributed by atoms with Crippen molar-refractivity contribution in [3.8, 4) is 11.4 Å². The molecule has 0 radical (unpaired) electrons. The van der Waals surface area contributed by atoms with Crippen molar-refractivity contribution in [3.63, 3.8) is 0 Å². The molecular weight excluding hydrogens is 346 g/mol. The molecule has 3 aromatic rings. The van der Waals surface area contributed by atoms with Gasteiger partial charge in [0.15, 0.2) is 0 Å². The SMILES string of the molecule is CC(NC(=O)CCc1nc(-c2ccc(Cl)cc2)no1)c1cccs1. The molecule has 1 aromatic carbocycles. The van der Waals surface area contributed by atoms with E-state index in [1.165, 1.54) is 0 Å². The Kier molecular flexibility index (Phi) is 5.27. The van der Waals surface area contributed by atoms with E-state index < -0.39 is 0 Å². The number of amides is 1. The first-order valence-electron chi connectivity index (χ1n) is 7.53. The van der Waals surface area contributed by atoms with Crippen LogP contribution in [-0.4, -0.2) is 16.0 Å². The number of carbonyl (C=O) groups is 1. The van der Waals surface area contributed by atoms with E-state index in [4.69, 9.17) is 16.1 Å². The average molecular weight is 362 g/mol. The second-order valence-corrected chi connectivity index (χ2v) is 6.74. The lowest BCUT2D eigenvalue weighted by Crippen LogP contribution is -2.26. The van der Waals surface area contributed by atoms with Gasteiger partial charge in [-0.3, -0.25) is 4.79 Å². The Morgan fingerprint density at radius 3 is 2.83 bits per heavy atom. The lowest BCUT2D eigenvalue weighted by molar-refractivity contribution is -0.121. The van der Waals surface area contributed by atoms with Crippen molar-refractivity contribution in [2.45, 2.75) is 25.8 Å². The molecule has 1 amide bonds. The summed E-state index contributed by atoms with van der Waals surface area (Å²) in [6.07, 6.45) is 0.710. The Bertz CT molecular complexity index is 800. The number of thiophene rings is 1. The number of hydrogen-bond acceptors (Lipinski definition) is 5. The van der Waals surface area contributed by atoms with Gasteiger partial charge >= 0.3 is 0 Å². The summed E-state index contributed by atoms with van der Waals surface area (Å²) in [5, 5.41) is 9.55. The largest absolute Gasteiger partial charge is 0.349 e. The fourth-order valence-corrected chi connectivity index (χ4v) is 3.08. The lowest BCUT2D eigenvalue weighted by Gasteiger charge is -2.11. The highest BCUT2D eigenvalue weighted by Gasteiger charge is 2.13. The van der Waals surface area contributed by atoms with Crippen LogP contribution in [0.25, 0.3) is 11.4 Å². The average Bonchev–Trinajstić information content (AvgIpc) is 3.25. The summed E-state index contributed by atoms with van der Waals surface area (Å²) in [5.74, 6) is 0.898. The minimum absolute atomic E-state index is 0.00446. The van der Waals surface area contributed by atoms with Crippen molar-refractivity contribution in [2.75, 3.05) is 0 Å². The zero-order valence-electron chi connectivity index (χ0n) is 13.0. The van der Waals surface area contributed by atoms with E-state index in [0.29, 0.717) is 29.6 Å². The number of nitrogens with zero attached hydrogens (tertiary/aromatic N) is 2. The molecule has 2 heterocycles. The van der Waals surface area contributed by atoms with Crippen LogP contribution >= 0.6 is 22.9 Å². The van der Waals surface area contributed by atoms with E-state index >= 15 is 0 Å². The van der Waals surface area contributed by atoms with E-state index in [1.54, 1.807) is 23.5 Å². The molecule has 1 N–H and O–H groups in total.